The fourth-order valence-corrected chi connectivity index (χ4v) is 5.49. The van der Waals surface area contributed by atoms with Crippen molar-refractivity contribution in [2.24, 2.45) is 14.0 Å². The molecule has 0 radical (unpaired) electrons. The minimum atomic E-state index is -2.67. The van der Waals surface area contributed by atoms with Crippen LogP contribution < -0.4 is 16.2 Å². The molecule has 1 aromatic carbocycles. The van der Waals surface area contributed by atoms with Crippen molar-refractivity contribution in [3.63, 3.8) is 0 Å². The van der Waals surface area contributed by atoms with Crippen LogP contribution in [0.25, 0.3) is 33.1 Å². The molecule has 5 aromatic rings. The van der Waals surface area contributed by atoms with Gasteiger partial charge in [-0.1, -0.05) is 17.7 Å². The monoisotopic (exact) mass is 519 g/mol. The van der Waals surface area contributed by atoms with Crippen LogP contribution in [-0.2, 0) is 14.0 Å². The van der Waals surface area contributed by atoms with E-state index in [1.807, 2.05) is 39.2 Å². The Balaban J connectivity index is 1.57. The van der Waals surface area contributed by atoms with Crippen molar-refractivity contribution in [3.8, 4) is 11.3 Å². The molecule has 0 spiro atoms. The molecule has 0 amide bonds. The maximum atomic E-state index is 13.9. The highest BCUT2D eigenvalue weighted by atomic mass is 35.5. The quantitative estimate of drug-likeness (QED) is 0.335. The molecule has 0 saturated carbocycles. The van der Waals surface area contributed by atoms with Gasteiger partial charge in [0.1, 0.15) is 10.8 Å². The standard InChI is InChI=1S/C27H29ClN8O/c1-15-9-19(16(2)32-22-5-6-23(28)33-25(22)17-11-30-34(3)14-17)24-20(10-15)27(37)35(4)26-21(24)13-31-36(26)18-7-8-29-12-18/h5-6,9-11,13-14,16,18,29,32H,7-8,12H2,1-4H3/i4D3. The highest BCUT2D eigenvalue weighted by molar-refractivity contribution is 6.29. The Kier molecular flexibility index (Phi) is 4.96. The lowest BCUT2D eigenvalue weighted by Crippen LogP contribution is -2.23. The third-order valence-corrected chi connectivity index (χ3v) is 7.27. The normalized spacial score (nSPS) is 18.2. The van der Waals surface area contributed by atoms with Gasteiger partial charge in [0.15, 0.2) is 0 Å². The first-order valence-electron chi connectivity index (χ1n) is 13.7. The molecule has 2 unspecified atom stereocenters. The van der Waals surface area contributed by atoms with E-state index in [-0.39, 0.29) is 12.1 Å². The molecule has 1 saturated heterocycles. The molecular weight excluding hydrogens is 488 g/mol. The van der Waals surface area contributed by atoms with Crippen molar-refractivity contribution in [2.75, 3.05) is 18.4 Å². The summed E-state index contributed by atoms with van der Waals surface area (Å²) in [6, 6.07) is 7.04. The van der Waals surface area contributed by atoms with E-state index in [2.05, 4.69) is 25.8 Å². The molecule has 0 aliphatic carbocycles. The lowest BCUT2D eigenvalue weighted by molar-refractivity contribution is 0.497. The molecule has 4 aromatic heterocycles. The summed E-state index contributed by atoms with van der Waals surface area (Å²) < 4.78 is 29.1. The third-order valence-electron chi connectivity index (χ3n) is 7.06. The number of hydrogen-bond acceptors (Lipinski definition) is 6. The predicted octanol–water partition coefficient (Wildman–Crippen LogP) is 4.35. The predicted molar refractivity (Wildman–Crippen MR) is 147 cm³/mol. The zero-order valence-electron chi connectivity index (χ0n) is 23.8. The smallest absolute Gasteiger partial charge is 0.259 e. The summed E-state index contributed by atoms with van der Waals surface area (Å²) in [6.45, 7) is 2.69. The number of halogens is 1. The second-order valence-corrected chi connectivity index (χ2v) is 10.1. The van der Waals surface area contributed by atoms with Crippen molar-refractivity contribution in [1.29, 1.82) is 0 Å². The topological polar surface area (TPSA) is 94.6 Å². The SMILES string of the molecule is [2H]C([2H])([2H])n1c(=O)c2cc(C)cc(C(C)Nc3ccc(Cl)nc3-c3cnn(C)c3)c2c2cnn(C3CCNC3)c21. The summed E-state index contributed by atoms with van der Waals surface area (Å²) in [7, 11) is 1.84. The number of benzene rings is 1. The van der Waals surface area contributed by atoms with Gasteiger partial charge in [0.05, 0.1) is 29.8 Å². The Bertz CT molecular complexity index is 1820. The van der Waals surface area contributed by atoms with Gasteiger partial charge in [0.25, 0.3) is 5.56 Å². The lowest BCUT2D eigenvalue weighted by Gasteiger charge is -2.21. The molecule has 1 fully saturated rings. The Hall–Kier alpha value is -3.69. The number of hydrogen-bond donors (Lipinski definition) is 2. The number of rotatable bonds is 5. The molecule has 190 valence electrons. The fraction of sp³-hybridized carbons (Fsp3) is 0.333. The van der Waals surface area contributed by atoms with Gasteiger partial charge in [-0.15, -0.1) is 0 Å². The number of anilines is 1. The average Bonchev–Trinajstić information content (AvgIpc) is 3.65. The first kappa shape index (κ1) is 20.4. The maximum Gasteiger partial charge on any atom is 0.259 e. The van der Waals surface area contributed by atoms with E-state index in [1.54, 1.807) is 33.9 Å². The van der Waals surface area contributed by atoms with Crippen molar-refractivity contribution < 1.29 is 4.11 Å². The summed E-state index contributed by atoms with van der Waals surface area (Å²) >= 11 is 6.25. The zero-order valence-corrected chi connectivity index (χ0v) is 21.5. The number of nitrogens with one attached hydrogen (secondary N) is 2. The van der Waals surface area contributed by atoms with Crippen LogP contribution in [0.1, 0.15) is 40.7 Å². The summed E-state index contributed by atoms with van der Waals surface area (Å²) in [4.78, 5) is 18.5. The Morgan fingerprint density at radius 3 is 2.84 bits per heavy atom. The van der Waals surface area contributed by atoms with E-state index >= 15 is 0 Å². The van der Waals surface area contributed by atoms with E-state index in [0.717, 1.165) is 39.9 Å². The van der Waals surface area contributed by atoms with Gasteiger partial charge in [0, 0.05) is 58.6 Å². The molecule has 37 heavy (non-hydrogen) atoms. The molecule has 5 heterocycles. The average molecular weight is 520 g/mol. The van der Waals surface area contributed by atoms with Gasteiger partial charge < -0.3 is 10.6 Å². The number of fused-ring (bicyclic) bond motifs is 3. The molecule has 0 bridgehead atoms. The Morgan fingerprint density at radius 2 is 2.11 bits per heavy atom. The molecule has 2 atom stereocenters. The lowest BCUT2D eigenvalue weighted by atomic mass is 9.95. The van der Waals surface area contributed by atoms with Gasteiger partial charge >= 0.3 is 0 Å². The van der Waals surface area contributed by atoms with E-state index in [0.29, 0.717) is 39.2 Å². The van der Waals surface area contributed by atoms with Crippen molar-refractivity contribution in [3.05, 3.63) is 69.5 Å². The maximum absolute atomic E-state index is 13.9. The van der Waals surface area contributed by atoms with E-state index < -0.39 is 12.5 Å². The third kappa shape index (κ3) is 3.98. The van der Waals surface area contributed by atoms with Crippen LogP contribution in [0.3, 0.4) is 0 Å². The molecule has 2 N–H and O–H groups in total. The van der Waals surface area contributed by atoms with Crippen LogP contribution in [0.5, 0.6) is 0 Å². The van der Waals surface area contributed by atoms with Crippen molar-refractivity contribution in [1.82, 2.24) is 34.4 Å². The van der Waals surface area contributed by atoms with Crippen LogP contribution in [0, 0.1) is 6.92 Å². The highest BCUT2D eigenvalue weighted by Gasteiger charge is 2.24. The van der Waals surface area contributed by atoms with Gasteiger partial charge in [-0.2, -0.15) is 10.2 Å². The Labute approximate surface area is 223 Å². The van der Waals surface area contributed by atoms with Crippen LogP contribution >= 0.6 is 11.6 Å². The molecular formula is C27H29ClN8O. The van der Waals surface area contributed by atoms with Crippen LogP contribution in [0.15, 0.2) is 47.7 Å². The van der Waals surface area contributed by atoms with Gasteiger partial charge in [-0.25, -0.2) is 9.67 Å². The number of aryl methyl sites for hydroxylation is 3. The second-order valence-electron chi connectivity index (χ2n) is 9.69. The summed E-state index contributed by atoms with van der Waals surface area (Å²) in [6.07, 6.45) is 6.07. The van der Waals surface area contributed by atoms with Crippen molar-refractivity contribution in [2.45, 2.75) is 32.4 Å². The molecule has 1 aliphatic heterocycles. The number of pyridine rings is 2. The molecule has 10 heteroatoms. The summed E-state index contributed by atoms with van der Waals surface area (Å²) in [5.41, 5.74) is 3.66. The van der Waals surface area contributed by atoms with Gasteiger partial charge in [0.2, 0.25) is 0 Å². The largest absolute Gasteiger partial charge is 0.377 e. The number of aromatic nitrogens is 6. The first-order chi connectivity index (χ1) is 19.0. The molecule has 9 nitrogen and oxygen atoms in total. The van der Waals surface area contributed by atoms with Gasteiger partial charge in [-0.05, 0) is 56.1 Å². The zero-order chi connectivity index (χ0) is 28.3. The van der Waals surface area contributed by atoms with Crippen molar-refractivity contribution >= 4 is 39.1 Å². The van der Waals surface area contributed by atoms with Gasteiger partial charge in [-0.3, -0.25) is 14.0 Å². The second kappa shape index (κ2) is 9.00. The highest BCUT2D eigenvalue weighted by Crippen LogP contribution is 2.35. The van der Waals surface area contributed by atoms with Crippen LogP contribution in [-0.4, -0.2) is 42.2 Å². The minimum Gasteiger partial charge on any atom is -0.377 e. The molecule has 6 rings (SSSR count). The van der Waals surface area contributed by atoms with E-state index in [4.69, 9.17) is 15.7 Å². The Morgan fingerprint density at radius 1 is 1.24 bits per heavy atom. The van der Waals surface area contributed by atoms with Crippen LogP contribution in [0.4, 0.5) is 5.69 Å². The van der Waals surface area contributed by atoms with E-state index in [9.17, 15) is 4.79 Å². The van der Waals surface area contributed by atoms with Crippen LogP contribution in [0.2, 0.25) is 5.15 Å². The fourth-order valence-electron chi connectivity index (χ4n) is 5.34. The number of nitrogens with zero attached hydrogens (tertiary/aromatic N) is 6. The summed E-state index contributed by atoms with van der Waals surface area (Å²) in [5.74, 6) is 0. The van der Waals surface area contributed by atoms with E-state index in [1.165, 1.54) is 0 Å². The minimum absolute atomic E-state index is 0.0467. The molecule has 1 aliphatic rings. The summed E-state index contributed by atoms with van der Waals surface area (Å²) in [5, 5.41) is 17.8. The first-order valence-corrected chi connectivity index (χ1v) is 12.6.